The van der Waals surface area contributed by atoms with Gasteiger partial charge in [-0.2, -0.15) is 0 Å². The summed E-state index contributed by atoms with van der Waals surface area (Å²) in [5, 5.41) is 10.4. The topological polar surface area (TPSA) is 118 Å². The Labute approximate surface area is 187 Å². The van der Waals surface area contributed by atoms with Gasteiger partial charge in [-0.1, -0.05) is 25.3 Å². The van der Waals surface area contributed by atoms with Crippen LogP contribution in [0, 0.1) is 5.92 Å². The molecule has 0 aromatic heterocycles. The molecule has 4 N–H and O–H groups in total. The second-order valence-corrected chi connectivity index (χ2v) is 10.6. The van der Waals surface area contributed by atoms with Crippen molar-refractivity contribution in [1.82, 2.24) is 0 Å². The van der Waals surface area contributed by atoms with Crippen LogP contribution in [0.4, 0.5) is 11.4 Å². The fourth-order valence-electron chi connectivity index (χ4n) is 3.49. The summed E-state index contributed by atoms with van der Waals surface area (Å²) in [6.45, 7) is 1.78. The van der Waals surface area contributed by atoms with Crippen LogP contribution in [-0.2, 0) is 19.6 Å². The smallest absolute Gasteiger partial charge is 0.238 e. The molecular formula is C22H27N3O4S2. The van der Waals surface area contributed by atoms with Gasteiger partial charge in [-0.3, -0.25) is 9.59 Å². The second-order valence-electron chi connectivity index (χ2n) is 7.67. The Bertz CT molecular complexity index is 1030. The van der Waals surface area contributed by atoms with Crippen molar-refractivity contribution in [1.29, 1.82) is 0 Å². The zero-order chi connectivity index (χ0) is 22.4. The van der Waals surface area contributed by atoms with Crippen LogP contribution in [0.3, 0.4) is 0 Å². The predicted octanol–water partition coefficient (Wildman–Crippen LogP) is 3.97. The molecule has 0 aliphatic heterocycles. The van der Waals surface area contributed by atoms with E-state index < -0.39 is 15.3 Å². The van der Waals surface area contributed by atoms with Crippen molar-refractivity contribution in [2.75, 3.05) is 10.6 Å². The summed E-state index contributed by atoms with van der Waals surface area (Å²) in [5.74, 6) is -0.0732. The van der Waals surface area contributed by atoms with Crippen LogP contribution in [0.5, 0.6) is 0 Å². The summed E-state index contributed by atoms with van der Waals surface area (Å²) < 4.78 is 22.6. The molecule has 3 rings (SSSR count). The van der Waals surface area contributed by atoms with Crippen molar-refractivity contribution in [3.8, 4) is 0 Å². The highest BCUT2D eigenvalue weighted by molar-refractivity contribution is 8.00. The molecule has 31 heavy (non-hydrogen) atoms. The minimum absolute atomic E-state index is 0.0139. The molecule has 9 heteroatoms. The van der Waals surface area contributed by atoms with E-state index in [4.69, 9.17) is 5.14 Å². The van der Waals surface area contributed by atoms with Crippen LogP contribution in [0.25, 0.3) is 0 Å². The summed E-state index contributed by atoms with van der Waals surface area (Å²) in [6.07, 6.45) is 5.29. The number of anilines is 2. The number of benzene rings is 2. The normalized spacial score (nSPS) is 15.8. The van der Waals surface area contributed by atoms with Gasteiger partial charge in [0.25, 0.3) is 0 Å². The summed E-state index contributed by atoms with van der Waals surface area (Å²) in [6, 6.07) is 13.2. The number of sulfonamides is 1. The molecule has 1 aliphatic carbocycles. The van der Waals surface area contributed by atoms with Crippen LogP contribution in [-0.4, -0.2) is 25.5 Å². The standard InChI is InChI=1S/C22H27N3O4S2/c1-15(21(26)24-17-10-12-20(13-11-17)31(23,28)29)30-19-9-5-8-18(14-19)25-22(27)16-6-3-2-4-7-16/h5,8-16H,2-4,6-7H2,1H3,(H,24,26)(H,25,27)(H2,23,28,29). The number of nitrogens with two attached hydrogens (primary N) is 1. The van der Waals surface area contributed by atoms with Gasteiger partial charge < -0.3 is 10.6 Å². The molecule has 0 spiro atoms. The third-order valence-electron chi connectivity index (χ3n) is 5.21. The molecule has 0 heterocycles. The Morgan fingerprint density at radius 2 is 1.68 bits per heavy atom. The average molecular weight is 462 g/mol. The fraction of sp³-hybridized carbons (Fsp3) is 0.364. The number of thioether (sulfide) groups is 1. The first-order valence-electron chi connectivity index (χ1n) is 10.2. The number of carbonyl (C=O) groups is 2. The number of rotatable bonds is 7. The van der Waals surface area contributed by atoms with Gasteiger partial charge in [0.05, 0.1) is 10.1 Å². The van der Waals surface area contributed by atoms with Crippen molar-refractivity contribution in [2.45, 2.75) is 54.1 Å². The zero-order valence-electron chi connectivity index (χ0n) is 17.3. The minimum Gasteiger partial charge on any atom is -0.326 e. The van der Waals surface area contributed by atoms with E-state index in [-0.39, 0.29) is 22.6 Å². The molecule has 1 atom stereocenters. The number of primary sulfonamides is 1. The Morgan fingerprint density at radius 3 is 2.32 bits per heavy atom. The van der Waals surface area contributed by atoms with Crippen LogP contribution < -0.4 is 15.8 Å². The van der Waals surface area contributed by atoms with Gasteiger partial charge in [0.2, 0.25) is 21.8 Å². The highest BCUT2D eigenvalue weighted by Crippen LogP contribution is 2.28. The van der Waals surface area contributed by atoms with E-state index in [0.717, 1.165) is 36.3 Å². The summed E-state index contributed by atoms with van der Waals surface area (Å²) in [7, 11) is -3.77. The molecule has 1 fully saturated rings. The minimum atomic E-state index is -3.77. The Kier molecular flexibility index (Phi) is 7.74. The van der Waals surface area contributed by atoms with Gasteiger partial charge in [0.1, 0.15) is 0 Å². The number of nitrogens with one attached hydrogen (secondary N) is 2. The van der Waals surface area contributed by atoms with Crippen LogP contribution in [0.15, 0.2) is 58.3 Å². The van der Waals surface area contributed by atoms with Gasteiger partial charge >= 0.3 is 0 Å². The molecule has 7 nitrogen and oxygen atoms in total. The fourth-order valence-corrected chi connectivity index (χ4v) is 4.93. The van der Waals surface area contributed by atoms with Crippen molar-refractivity contribution >= 4 is 45.0 Å². The Hall–Kier alpha value is -2.36. The van der Waals surface area contributed by atoms with E-state index in [1.807, 2.05) is 24.3 Å². The van der Waals surface area contributed by atoms with Crippen LogP contribution in [0.1, 0.15) is 39.0 Å². The molecular weight excluding hydrogens is 434 g/mol. The predicted molar refractivity (Wildman–Crippen MR) is 123 cm³/mol. The number of hydrogen-bond acceptors (Lipinski definition) is 5. The first kappa shape index (κ1) is 23.3. The van der Waals surface area contributed by atoms with Crippen molar-refractivity contribution in [3.63, 3.8) is 0 Å². The van der Waals surface area contributed by atoms with Gasteiger partial charge in [0, 0.05) is 22.2 Å². The third-order valence-corrected chi connectivity index (χ3v) is 7.23. The van der Waals surface area contributed by atoms with Crippen LogP contribution >= 0.6 is 11.8 Å². The van der Waals surface area contributed by atoms with Gasteiger partial charge in [-0.15, -0.1) is 11.8 Å². The van der Waals surface area contributed by atoms with E-state index in [9.17, 15) is 18.0 Å². The Morgan fingerprint density at radius 1 is 1.00 bits per heavy atom. The molecule has 2 amide bonds. The van der Waals surface area contributed by atoms with E-state index >= 15 is 0 Å². The summed E-state index contributed by atoms with van der Waals surface area (Å²) >= 11 is 1.38. The van der Waals surface area contributed by atoms with Gasteiger partial charge in [-0.05, 0) is 62.2 Å². The number of carbonyl (C=O) groups excluding carboxylic acids is 2. The molecule has 0 radical (unpaired) electrons. The first-order valence-corrected chi connectivity index (χ1v) is 12.7. The SMILES string of the molecule is CC(Sc1cccc(NC(=O)C2CCCCC2)c1)C(=O)Nc1ccc(S(N)(=O)=O)cc1. The molecule has 166 valence electrons. The highest BCUT2D eigenvalue weighted by Gasteiger charge is 2.21. The molecule has 0 bridgehead atoms. The molecule has 1 unspecified atom stereocenters. The third kappa shape index (κ3) is 6.81. The first-order chi connectivity index (χ1) is 14.7. The monoisotopic (exact) mass is 461 g/mol. The lowest BCUT2D eigenvalue weighted by Crippen LogP contribution is -2.24. The van der Waals surface area contributed by atoms with E-state index in [1.165, 1.54) is 42.4 Å². The molecule has 1 saturated carbocycles. The molecule has 0 saturated heterocycles. The van der Waals surface area contributed by atoms with E-state index in [0.29, 0.717) is 5.69 Å². The van der Waals surface area contributed by atoms with Crippen LogP contribution in [0.2, 0.25) is 0 Å². The van der Waals surface area contributed by atoms with Gasteiger partial charge in [0.15, 0.2) is 0 Å². The molecule has 2 aromatic rings. The lowest BCUT2D eigenvalue weighted by molar-refractivity contribution is -0.120. The molecule has 1 aliphatic rings. The largest absolute Gasteiger partial charge is 0.326 e. The summed E-state index contributed by atoms with van der Waals surface area (Å²) in [5.41, 5.74) is 1.21. The maximum absolute atomic E-state index is 12.5. The maximum Gasteiger partial charge on any atom is 0.238 e. The second kappa shape index (κ2) is 10.3. The number of hydrogen-bond donors (Lipinski definition) is 3. The molecule has 2 aromatic carbocycles. The van der Waals surface area contributed by atoms with E-state index in [1.54, 1.807) is 6.92 Å². The lowest BCUT2D eigenvalue weighted by Gasteiger charge is -2.21. The van der Waals surface area contributed by atoms with Crippen molar-refractivity contribution < 1.29 is 18.0 Å². The Balaban J connectivity index is 1.57. The quantitative estimate of drug-likeness (QED) is 0.539. The van der Waals surface area contributed by atoms with Crippen molar-refractivity contribution in [2.24, 2.45) is 11.1 Å². The highest BCUT2D eigenvalue weighted by atomic mass is 32.2. The maximum atomic E-state index is 12.5. The van der Waals surface area contributed by atoms with E-state index in [2.05, 4.69) is 10.6 Å². The average Bonchev–Trinajstić information content (AvgIpc) is 2.74. The number of amides is 2. The zero-order valence-corrected chi connectivity index (χ0v) is 19.0. The van der Waals surface area contributed by atoms with Gasteiger partial charge in [-0.25, -0.2) is 13.6 Å². The summed E-state index contributed by atoms with van der Waals surface area (Å²) in [4.78, 5) is 25.8. The van der Waals surface area contributed by atoms with Crippen molar-refractivity contribution in [3.05, 3.63) is 48.5 Å². The lowest BCUT2D eigenvalue weighted by atomic mass is 9.88.